The number of carbonyl (C=O) groups is 1. The lowest BCUT2D eigenvalue weighted by Gasteiger charge is -2.10. The Kier molecular flexibility index (Phi) is 4.61. The van der Waals surface area contributed by atoms with Crippen molar-refractivity contribution in [3.05, 3.63) is 83.6 Å². The summed E-state index contributed by atoms with van der Waals surface area (Å²) in [5.41, 5.74) is 0.794. The molecule has 3 aromatic rings. The molecule has 128 valence electrons. The fraction of sp³-hybridized carbons (Fsp3) is 0.105. The molecule has 0 fully saturated rings. The van der Waals surface area contributed by atoms with Gasteiger partial charge in [-0.05, 0) is 42.0 Å². The first-order valence-corrected chi connectivity index (χ1v) is 7.52. The lowest BCUT2D eigenvalue weighted by Crippen LogP contribution is -2.23. The standard InChI is InChI=1S/C19H14F3NO2/c20-19(21,22)16-7-2-6-15(11-16)18(24)23-12-13-4-1-5-14(10-13)17-8-3-9-25-17/h1-11H,12H2,(H,23,24). The van der Waals surface area contributed by atoms with Crippen LogP contribution in [-0.4, -0.2) is 5.91 Å². The molecule has 0 saturated heterocycles. The summed E-state index contributed by atoms with van der Waals surface area (Å²) in [7, 11) is 0. The second-order valence-electron chi connectivity index (χ2n) is 5.44. The number of alkyl halides is 3. The van der Waals surface area contributed by atoms with Gasteiger partial charge in [0.25, 0.3) is 5.91 Å². The van der Waals surface area contributed by atoms with Crippen LogP contribution in [0.5, 0.6) is 0 Å². The lowest BCUT2D eigenvalue weighted by molar-refractivity contribution is -0.137. The summed E-state index contributed by atoms with van der Waals surface area (Å²) < 4.78 is 43.5. The van der Waals surface area contributed by atoms with Crippen LogP contribution in [0.2, 0.25) is 0 Å². The van der Waals surface area contributed by atoms with Gasteiger partial charge in [0.1, 0.15) is 5.76 Å². The third kappa shape index (κ3) is 4.09. The third-order valence-corrected chi connectivity index (χ3v) is 3.64. The zero-order valence-corrected chi connectivity index (χ0v) is 13.0. The first kappa shape index (κ1) is 16.8. The van der Waals surface area contributed by atoms with Crippen molar-refractivity contribution in [2.24, 2.45) is 0 Å². The first-order valence-electron chi connectivity index (χ1n) is 7.52. The van der Waals surface area contributed by atoms with E-state index >= 15 is 0 Å². The maximum absolute atomic E-state index is 12.7. The van der Waals surface area contributed by atoms with Gasteiger partial charge in [-0.1, -0.05) is 24.3 Å². The highest BCUT2D eigenvalue weighted by Gasteiger charge is 2.30. The summed E-state index contributed by atoms with van der Waals surface area (Å²) in [5.74, 6) is 0.139. The zero-order valence-electron chi connectivity index (χ0n) is 13.0. The smallest absolute Gasteiger partial charge is 0.416 e. The molecular formula is C19H14F3NO2. The third-order valence-electron chi connectivity index (χ3n) is 3.64. The van der Waals surface area contributed by atoms with E-state index in [9.17, 15) is 18.0 Å². The van der Waals surface area contributed by atoms with Gasteiger partial charge >= 0.3 is 6.18 Å². The Balaban J connectivity index is 1.70. The van der Waals surface area contributed by atoms with Crippen molar-refractivity contribution in [2.45, 2.75) is 12.7 Å². The van der Waals surface area contributed by atoms with E-state index in [2.05, 4.69) is 5.32 Å². The molecule has 1 N–H and O–H groups in total. The second-order valence-corrected chi connectivity index (χ2v) is 5.44. The molecule has 6 heteroatoms. The Hall–Kier alpha value is -3.02. The fourth-order valence-corrected chi connectivity index (χ4v) is 2.40. The van der Waals surface area contributed by atoms with Gasteiger partial charge in [0.2, 0.25) is 0 Å². The monoisotopic (exact) mass is 345 g/mol. The van der Waals surface area contributed by atoms with E-state index in [1.54, 1.807) is 12.3 Å². The van der Waals surface area contributed by atoms with Crippen LogP contribution in [0, 0.1) is 0 Å². The second kappa shape index (κ2) is 6.84. The van der Waals surface area contributed by atoms with E-state index in [1.807, 2.05) is 30.3 Å². The summed E-state index contributed by atoms with van der Waals surface area (Å²) >= 11 is 0. The van der Waals surface area contributed by atoms with Crippen LogP contribution in [0.15, 0.2) is 71.3 Å². The van der Waals surface area contributed by atoms with Crippen molar-refractivity contribution in [1.29, 1.82) is 0 Å². The molecule has 0 unspecified atom stereocenters. The summed E-state index contributed by atoms with van der Waals surface area (Å²) in [6.07, 6.45) is -2.91. The molecule has 1 heterocycles. The number of amides is 1. The molecule has 25 heavy (non-hydrogen) atoms. The quantitative estimate of drug-likeness (QED) is 0.731. The van der Waals surface area contributed by atoms with Crippen LogP contribution in [0.25, 0.3) is 11.3 Å². The highest BCUT2D eigenvalue weighted by atomic mass is 19.4. The number of carbonyl (C=O) groups excluding carboxylic acids is 1. The van der Waals surface area contributed by atoms with Crippen LogP contribution in [0.4, 0.5) is 13.2 Å². The van der Waals surface area contributed by atoms with Gasteiger partial charge in [-0.2, -0.15) is 13.2 Å². The molecule has 0 spiro atoms. The molecule has 3 nitrogen and oxygen atoms in total. The van der Waals surface area contributed by atoms with Gasteiger partial charge in [0.05, 0.1) is 11.8 Å². The molecule has 0 aliphatic rings. The summed E-state index contributed by atoms with van der Waals surface area (Å²) in [6.45, 7) is 0.198. The summed E-state index contributed by atoms with van der Waals surface area (Å²) in [5, 5.41) is 2.63. The number of furan rings is 1. The van der Waals surface area contributed by atoms with Gasteiger partial charge < -0.3 is 9.73 Å². The maximum Gasteiger partial charge on any atom is 0.416 e. The first-order chi connectivity index (χ1) is 11.9. The van der Waals surface area contributed by atoms with Crippen molar-refractivity contribution in [3.63, 3.8) is 0 Å². The minimum Gasteiger partial charge on any atom is -0.464 e. The number of hydrogen-bond donors (Lipinski definition) is 1. The van der Waals surface area contributed by atoms with Crippen molar-refractivity contribution >= 4 is 5.91 Å². The van der Waals surface area contributed by atoms with Crippen LogP contribution in [0.1, 0.15) is 21.5 Å². The van der Waals surface area contributed by atoms with Crippen LogP contribution in [0.3, 0.4) is 0 Å². The van der Waals surface area contributed by atoms with Crippen molar-refractivity contribution < 1.29 is 22.4 Å². The highest BCUT2D eigenvalue weighted by Crippen LogP contribution is 2.29. The molecule has 1 amide bonds. The lowest BCUT2D eigenvalue weighted by atomic mass is 10.1. The van der Waals surface area contributed by atoms with E-state index < -0.39 is 17.6 Å². The molecule has 0 radical (unpaired) electrons. The normalized spacial score (nSPS) is 11.3. The van der Waals surface area contributed by atoms with Crippen molar-refractivity contribution in [3.8, 4) is 11.3 Å². The number of nitrogens with one attached hydrogen (secondary N) is 1. The van der Waals surface area contributed by atoms with E-state index in [1.165, 1.54) is 12.1 Å². The number of benzene rings is 2. The summed E-state index contributed by atoms with van der Waals surface area (Å²) in [6, 6.07) is 15.3. The Morgan fingerprint density at radius 2 is 1.80 bits per heavy atom. The average molecular weight is 345 g/mol. The van der Waals surface area contributed by atoms with E-state index in [-0.39, 0.29) is 12.1 Å². The van der Waals surface area contributed by atoms with Gasteiger partial charge in [-0.3, -0.25) is 4.79 Å². The minimum absolute atomic E-state index is 0.0305. The van der Waals surface area contributed by atoms with E-state index in [0.29, 0.717) is 5.76 Å². The fourth-order valence-electron chi connectivity index (χ4n) is 2.40. The van der Waals surface area contributed by atoms with Crippen LogP contribution in [-0.2, 0) is 12.7 Å². The summed E-state index contributed by atoms with van der Waals surface area (Å²) in [4.78, 5) is 12.1. The molecule has 0 aliphatic heterocycles. The van der Waals surface area contributed by atoms with Crippen molar-refractivity contribution in [1.82, 2.24) is 5.32 Å². The Morgan fingerprint density at radius 1 is 1.00 bits per heavy atom. The van der Waals surface area contributed by atoms with Crippen LogP contribution < -0.4 is 5.32 Å². The molecule has 1 aromatic heterocycles. The number of rotatable bonds is 4. The molecule has 3 rings (SSSR count). The molecule has 0 atom stereocenters. The number of halogens is 3. The largest absolute Gasteiger partial charge is 0.464 e. The van der Waals surface area contributed by atoms with Gasteiger partial charge in [-0.25, -0.2) is 0 Å². The minimum atomic E-state index is -4.48. The molecule has 0 saturated carbocycles. The Labute approximate surface area is 142 Å². The molecule has 0 aliphatic carbocycles. The molecular weight excluding hydrogens is 331 g/mol. The predicted octanol–water partition coefficient (Wildman–Crippen LogP) is 4.90. The number of hydrogen-bond acceptors (Lipinski definition) is 2. The SMILES string of the molecule is O=C(NCc1cccc(-c2ccco2)c1)c1cccc(C(F)(F)F)c1. The Morgan fingerprint density at radius 3 is 2.52 bits per heavy atom. The van der Waals surface area contributed by atoms with Crippen LogP contribution >= 0.6 is 0 Å². The van der Waals surface area contributed by atoms with Gasteiger partial charge in [0, 0.05) is 17.7 Å². The predicted molar refractivity (Wildman–Crippen MR) is 86.8 cm³/mol. The topological polar surface area (TPSA) is 42.2 Å². The average Bonchev–Trinajstić information content (AvgIpc) is 3.14. The molecule has 0 bridgehead atoms. The van der Waals surface area contributed by atoms with Crippen molar-refractivity contribution in [2.75, 3.05) is 0 Å². The zero-order chi connectivity index (χ0) is 17.9. The molecule has 2 aromatic carbocycles. The van der Waals surface area contributed by atoms with Gasteiger partial charge in [-0.15, -0.1) is 0 Å². The van der Waals surface area contributed by atoms with E-state index in [0.717, 1.165) is 23.3 Å². The van der Waals surface area contributed by atoms with E-state index in [4.69, 9.17) is 4.42 Å². The maximum atomic E-state index is 12.7. The Bertz CT molecular complexity index is 870. The van der Waals surface area contributed by atoms with Gasteiger partial charge in [0.15, 0.2) is 0 Å². The highest BCUT2D eigenvalue weighted by molar-refractivity contribution is 5.94.